The molecular weight excluding hydrogens is 254 g/mol. The van der Waals surface area contributed by atoms with E-state index in [0.717, 1.165) is 41.3 Å². The van der Waals surface area contributed by atoms with Gasteiger partial charge >= 0.3 is 0 Å². The fraction of sp³-hybridized carbons (Fsp3) is 0.500. The van der Waals surface area contributed by atoms with Gasteiger partial charge in [-0.3, -0.25) is 0 Å². The Morgan fingerprint density at radius 1 is 1.47 bits per heavy atom. The average Bonchev–Trinajstić information content (AvgIpc) is 2.83. The molecule has 3 nitrogen and oxygen atoms in total. The summed E-state index contributed by atoms with van der Waals surface area (Å²) < 4.78 is 0. The molecular formula is C12H16ClN3S. The zero-order chi connectivity index (χ0) is 12.1. The number of rotatable bonds is 6. The van der Waals surface area contributed by atoms with Gasteiger partial charge in [0, 0.05) is 12.4 Å². The lowest BCUT2D eigenvalue weighted by Crippen LogP contribution is -2.06. The van der Waals surface area contributed by atoms with E-state index in [0.29, 0.717) is 5.92 Å². The minimum atomic E-state index is 0.588. The SMILES string of the molecule is CC(CCl)CCCNc1ncnc2sccc12. The molecule has 2 aromatic heterocycles. The molecule has 5 heteroatoms. The van der Waals surface area contributed by atoms with E-state index in [9.17, 15) is 0 Å². The highest BCUT2D eigenvalue weighted by Gasteiger charge is 2.04. The normalized spacial score (nSPS) is 12.8. The Morgan fingerprint density at radius 2 is 2.35 bits per heavy atom. The molecule has 1 atom stereocenters. The van der Waals surface area contributed by atoms with E-state index in [-0.39, 0.29) is 0 Å². The van der Waals surface area contributed by atoms with Gasteiger partial charge in [-0.15, -0.1) is 22.9 Å². The summed E-state index contributed by atoms with van der Waals surface area (Å²) >= 11 is 7.41. The Labute approximate surface area is 110 Å². The van der Waals surface area contributed by atoms with Gasteiger partial charge in [0.05, 0.1) is 5.39 Å². The molecule has 0 saturated carbocycles. The number of halogens is 1. The van der Waals surface area contributed by atoms with Gasteiger partial charge in [-0.05, 0) is 30.2 Å². The summed E-state index contributed by atoms with van der Waals surface area (Å²) in [6.45, 7) is 3.11. The van der Waals surface area contributed by atoms with E-state index in [1.54, 1.807) is 17.7 Å². The number of alkyl halides is 1. The summed E-state index contributed by atoms with van der Waals surface area (Å²) in [6.07, 6.45) is 3.88. The van der Waals surface area contributed by atoms with Crippen molar-refractivity contribution in [1.29, 1.82) is 0 Å². The minimum absolute atomic E-state index is 0.588. The molecule has 0 aromatic carbocycles. The first kappa shape index (κ1) is 12.6. The minimum Gasteiger partial charge on any atom is -0.369 e. The third-order valence-corrected chi connectivity index (χ3v) is 4.04. The van der Waals surface area contributed by atoms with Crippen LogP contribution < -0.4 is 5.32 Å². The maximum atomic E-state index is 5.77. The van der Waals surface area contributed by atoms with Gasteiger partial charge in [-0.2, -0.15) is 0 Å². The number of anilines is 1. The predicted octanol–water partition coefficient (Wildman–Crippen LogP) is 3.76. The highest BCUT2D eigenvalue weighted by Crippen LogP contribution is 2.23. The summed E-state index contributed by atoms with van der Waals surface area (Å²) in [5.74, 6) is 2.27. The van der Waals surface area contributed by atoms with Crippen molar-refractivity contribution < 1.29 is 0 Å². The van der Waals surface area contributed by atoms with Crippen LogP contribution in [0, 0.1) is 5.92 Å². The largest absolute Gasteiger partial charge is 0.369 e. The Hall–Kier alpha value is -0.870. The number of thiophene rings is 1. The van der Waals surface area contributed by atoms with Crippen molar-refractivity contribution >= 4 is 39.0 Å². The standard InChI is InChI=1S/C12H16ClN3S/c1-9(7-13)3-2-5-14-11-10-4-6-17-12(10)16-8-15-11/h4,6,8-9H,2-3,5,7H2,1H3,(H,14,15,16). The second-order valence-electron chi connectivity index (χ2n) is 4.19. The van der Waals surface area contributed by atoms with Gasteiger partial charge in [0.15, 0.2) is 0 Å². The molecule has 17 heavy (non-hydrogen) atoms. The third-order valence-electron chi connectivity index (χ3n) is 2.69. The van der Waals surface area contributed by atoms with Crippen LogP contribution in [0.5, 0.6) is 0 Å². The third kappa shape index (κ3) is 3.30. The summed E-state index contributed by atoms with van der Waals surface area (Å²) in [5, 5.41) is 6.52. The zero-order valence-corrected chi connectivity index (χ0v) is 11.4. The van der Waals surface area contributed by atoms with Crippen LogP contribution in [0.15, 0.2) is 17.8 Å². The molecule has 92 valence electrons. The van der Waals surface area contributed by atoms with Crippen molar-refractivity contribution in [1.82, 2.24) is 9.97 Å². The molecule has 1 N–H and O–H groups in total. The Kier molecular flexibility index (Phi) is 4.57. The van der Waals surface area contributed by atoms with Gasteiger partial charge in [-0.25, -0.2) is 9.97 Å². The lowest BCUT2D eigenvalue weighted by molar-refractivity contribution is 0.572. The van der Waals surface area contributed by atoms with E-state index in [1.165, 1.54) is 0 Å². The number of fused-ring (bicyclic) bond motifs is 1. The van der Waals surface area contributed by atoms with E-state index in [2.05, 4.69) is 28.3 Å². The molecule has 0 fully saturated rings. The average molecular weight is 270 g/mol. The molecule has 0 spiro atoms. The van der Waals surface area contributed by atoms with Crippen LogP contribution in [0.2, 0.25) is 0 Å². The summed E-state index contributed by atoms with van der Waals surface area (Å²) in [7, 11) is 0. The number of nitrogens with one attached hydrogen (secondary N) is 1. The fourth-order valence-electron chi connectivity index (χ4n) is 1.67. The van der Waals surface area contributed by atoms with Crippen molar-refractivity contribution in [3.8, 4) is 0 Å². The van der Waals surface area contributed by atoms with Crippen molar-refractivity contribution in [3.63, 3.8) is 0 Å². The molecule has 0 amide bonds. The summed E-state index contributed by atoms with van der Waals surface area (Å²) in [5.41, 5.74) is 0. The Balaban J connectivity index is 1.88. The predicted molar refractivity (Wildman–Crippen MR) is 75.0 cm³/mol. The van der Waals surface area contributed by atoms with Crippen LogP contribution in [-0.4, -0.2) is 22.4 Å². The molecule has 2 aromatic rings. The van der Waals surface area contributed by atoms with Crippen LogP contribution >= 0.6 is 22.9 Å². The highest BCUT2D eigenvalue weighted by atomic mass is 35.5. The second-order valence-corrected chi connectivity index (χ2v) is 5.39. The smallest absolute Gasteiger partial charge is 0.138 e. The molecule has 0 radical (unpaired) electrons. The topological polar surface area (TPSA) is 37.8 Å². The first-order chi connectivity index (χ1) is 8.31. The highest BCUT2D eigenvalue weighted by molar-refractivity contribution is 7.16. The number of aromatic nitrogens is 2. The first-order valence-electron chi connectivity index (χ1n) is 5.79. The van der Waals surface area contributed by atoms with Gasteiger partial charge in [-0.1, -0.05) is 6.92 Å². The zero-order valence-electron chi connectivity index (χ0n) is 9.82. The van der Waals surface area contributed by atoms with E-state index >= 15 is 0 Å². The molecule has 0 bridgehead atoms. The Bertz CT molecular complexity index is 471. The fourth-order valence-corrected chi connectivity index (χ4v) is 2.55. The van der Waals surface area contributed by atoms with Gasteiger partial charge < -0.3 is 5.32 Å². The van der Waals surface area contributed by atoms with E-state index in [1.807, 2.05) is 5.38 Å². The van der Waals surface area contributed by atoms with Gasteiger partial charge in [0.1, 0.15) is 17.0 Å². The lowest BCUT2D eigenvalue weighted by atomic mass is 10.1. The van der Waals surface area contributed by atoms with Crippen LogP contribution in [0.3, 0.4) is 0 Å². The van der Waals surface area contributed by atoms with E-state index in [4.69, 9.17) is 11.6 Å². The van der Waals surface area contributed by atoms with Crippen LogP contribution in [0.1, 0.15) is 19.8 Å². The molecule has 1 unspecified atom stereocenters. The number of hydrogen-bond donors (Lipinski definition) is 1. The quantitative estimate of drug-likeness (QED) is 0.641. The van der Waals surface area contributed by atoms with Gasteiger partial charge in [0.25, 0.3) is 0 Å². The summed E-state index contributed by atoms with van der Waals surface area (Å²) in [4.78, 5) is 9.53. The molecule has 0 saturated heterocycles. The maximum absolute atomic E-state index is 5.77. The van der Waals surface area contributed by atoms with Crippen LogP contribution in [-0.2, 0) is 0 Å². The van der Waals surface area contributed by atoms with Gasteiger partial charge in [0.2, 0.25) is 0 Å². The lowest BCUT2D eigenvalue weighted by Gasteiger charge is -2.08. The van der Waals surface area contributed by atoms with Crippen LogP contribution in [0.4, 0.5) is 5.82 Å². The molecule has 0 aliphatic rings. The molecule has 2 rings (SSSR count). The summed E-state index contributed by atoms with van der Waals surface area (Å²) in [6, 6.07) is 2.06. The van der Waals surface area contributed by atoms with Crippen molar-refractivity contribution in [2.45, 2.75) is 19.8 Å². The Morgan fingerprint density at radius 3 is 3.18 bits per heavy atom. The number of nitrogens with zero attached hydrogens (tertiary/aromatic N) is 2. The molecule has 2 heterocycles. The van der Waals surface area contributed by atoms with Crippen molar-refractivity contribution in [2.24, 2.45) is 5.92 Å². The van der Waals surface area contributed by atoms with Crippen LogP contribution in [0.25, 0.3) is 10.2 Å². The monoisotopic (exact) mass is 269 g/mol. The number of hydrogen-bond acceptors (Lipinski definition) is 4. The van der Waals surface area contributed by atoms with E-state index < -0.39 is 0 Å². The molecule has 0 aliphatic carbocycles. The van der Waals surface area contributed by atoms with Crippen molar-refractivity contribution in [2.75, 3.05) is 17.7 Å². The first-order valence-corrected chi connectivity index (χ1v) is 7.20. The maximum Gasteiger partial charge on any atom is 0.138 e. The molecule has 0 aliphatic heterocycles. The second kappa shape index (κ2) is 6.17. The van der Waals surface area contributed by atoms with Crippen molar-refractivity contribution in [3.05, 3.63) is 17.8 Å².